The van der Waals surface area contributed by atoms with Gasteiger partial charge in [-0.25, -0.2) is 8.78 Å². The zero-order chi connectivity index (χ0) is 20.4. The lowest BCUT2D eigenvalue weighted by atomic mass is 10.0. The maximum Gasteiger partial charge on any atom is 0.193 e. The Labute approximate surface area is 190 Å². The molecular weight excluding hydrogens is 491 g/mol. The van der Waals surface area contributed by atoms with Gasteiger partial charge in [0.25, 0.3) is 0 Å². The molecule has 1 aromatic carbocycles. The molecular formula is C21H34F2IN3O2. The number of piperidine rings is 1. The predicted octanol–water partition coefficient (Wildman–Crippen LogP) is 4.17. The first-order valence-electron chi connectivity index (χ1n) is 10.1. The maximum absolute atomic E-state index is 13.5. The van der Waals surface area contributed by atoms with Crippen LogP contribution in [0.4, 0.5) is 8.78 Å². The summed E-state index contributed by atoms with van der Waals surface area (Å²) in [5, 5.41) is 3.34. The van der Waals surface area contributed by atoms with E-state index < -0.39 is 11.6 Å². The lowest BCUT2D eigenvalue weighted by molar-refractivity contribution is 0.00990. The van der Waals surface area contributed by atoms with Crippen molar-refractivity contribution in [1.82, 2.24) is 10.2 Å². The molecule has 8 heteroatoms. The van der Waals surface area contributed by atoms with Gasteiger partial charge in [0.15, 0.2) is 17.6 Å². The van der Waals surface area contributed by atoms with Crippen molar-refractivity contribution in [3.8, 4) is 0 Å². The molecule has 0 bridgehead atoms. The SMILES string of the molecule is CCNC(=NCC(C)c1ccc(F)c(F)c1)N1CCC(OCCCOC)CC1.I. The Kier molecular flexibility index (Phi) is 12.6. The molecule has 1 N–H and O–H groups in total. The topological polar surface area (TPSA) is 46.1 Å². The predicted molar refractivity (Wildman–Crippen MR) is 123 cm³/mol. The van der Waals surface area contributed by atoms with Gasteiger partial charge in [-0.1, -0.05) is 13.0 Å². The van der Waals surface area contributed by atoms with E-state index in [1.165, 1.54) is 12.1 Å². The Balaban J connectivity index is 0.00000420. The van der Waals surface area contributed by atoms with E-state index in [4.69, 9.17) is 14.5 Å². The van der Waals surface area contributed by atoms with Crippen molar-refractivity contribution in [2.75, 3.05) is 46.5 Å². The Hall–Kier alpha value is -1.00. The van der Waals surface area contributed by atoms with E-state index in [1.54, 1.807) is 13.2 Å². The van der Waals surface area contributed by atoms with Crippen LogP contribution in [0.1, 0.15) is 44.6 Å². The van der Waals surface area contributed by atoms with Gasteiger partial charge in [-0.3, -0.25) is 4.99 Å². The number of hydrogen-bond donors (Lipinski definition) is 1. The summed E-state index contributed by atoms with van der Waals surface area (Å²) in [5.74, 6) is -0.756. The number of benzene rings is 1. The molecule has 1 fully saturated rings. The van der Waals surface area contributed by atoms with Gasteiger partial charge in [-0.2, -0.15) is 0 Å². The van der Waals surface area contributed by atoms with Crippen LogP contribution in [0.15, 0.2) is 23.2 Å². The highest BCUT2D eigenvalue weighted by atomic mass is 127. The van der Waals surface area contributed by atoms with Crippen molar-refractivity contribution in [1.29, 1.82) is 0 Å². The standard InChI is InChI=1S/C21H33F2N3O2.HI/c1-4-24-21(25-15-16(2)17-6-7-19(22)20(23)14-17)26-10-8-18(9-11-26)28-13-5-12-27-3;/h6-7,14,16,18H,4-5,8-13,15H2,1-3H3,(H,24,25);1H. The van der Waals surface area contributed by atoms with Gasteiger partial charge < -0.3 is 19.7 Å². The lowest BCUT2D eigenvalue weighted by Crippen LogP contribution is -2.47. The number of halogens is 3. The van der Waals surface area contributed by atoms with E-state index >= 15 is 0 Å². The fourth-order valence-corrected chi connectivity index (χ4v) is 3.26. The first kappa shape index (κ1) is 26.0. The minimum absolute atomic E-state index is 0. The van der Waals surface area contributed by atoms with Crippen molar-refractivity contribution in [3.63, 3.8) is 0 Å². The summed E-state index contributed by atoms with van der Waals surface area (Å²) < 4.78 is 37.6. The maximum atomic E-state index is 13.5. The van der Waals surface area contributed by atoms with Gasteiger partial charge in [0.2, 0.25) is 0 Å². The molecule has 0 aromatic heterocycles. The van der Waals surface area contributed by atoms with Crippen LogP contribution >= 0.6 is 24.0 Å². The third-order valence-corrected chi connectivity index (χ3v) is 4.95. The number of likely N-dealkylation sites (tertiary alicyclic amines) is 1. The average molecular weight is 525 g/mol. The molecule has 2 rings (SSSR count). The van der Waals surface area contributed by atoms with Crippen LogP contribution in [0.25, 0.3) is 0 Å². The molecule has 1 aliphatic heterocycles. The minimum Gasteiger partial charge on any atom is -0.385 e. The summed E-state index contributed by atoms with van der Waals surface area (Å²) in [7, 11) is 1.70. The Morgan fingerprint density at radius 3 is 2.59 bits per heavy atom. The highest BCUT2D eigenvalue weighted by Crippen LogP contribution is 2.19. The van der Waals surface area contributed by atoms with Crippen LogP contribution < -0.4 is 5.32 Å². The Morgan fingerprint density at radius 2 is 1.97 bits per heavy atom. The van der Waals surface area contributed by atoms with Gasteiger partial charge in [-0.15, -0.1) is 24.0 Å². The highest BCUT2D eigenvalue weighted by Gasteiger charge is 2.22. The van der Waals surface area contributed by atoms with Crippen molar-refractivity contribution in [2.45, 2.75) is 45.1 Å². The van der Waals surface area contributed by atoms with Crippen LogP contribution in [0.2, 0.25) is 0 Å². The van der Waals surface area contributed by atoms with E-state index in [0.717, 1.165) is 63.6 Å². The lowest BCUT2D eigenvalue weighted by Gasteiger charge is -2.34. The number of nitrogens with one attached hydrogen (secondary N) is 1. The zero-order valence-corrected chi connectivity index (χ0v) is 20.0. The summed E-state index contributed by atoms with van der Waals surface area (Å²) in [4.78, 5) is 6.98. The first-order chi connectivity index (χ1) is 13.5. The van der Waals surface area contributed by atoms with E-state index in [2.05, 4.69) is 10.2 Å². The molecule has 166 valence electrons. The molecule has 1 atom stereocenters. The number of guanidine groups is 1. The van der Waals surface area contributed by atoms with Gasteiger partial charge in [0, 0.05) is 52.4 Å². The van der Waals surface area contributed by atoms with E-state index in [0.29, 0.717) is 6.54 Å². The molecule has 1 saturated heterocycles. The van der Waals surface area contributed by atoms with Crippen molar-refractivity contribution in [3.05, 3.63) is 35.4 Å². The largest absolute Gasteiger partial charge is 0.385 e. The Morgan fingerprint density at radius 1 is 1.24 bits per heavy atom. The second-order valence-corrected chi connectivity index (χ2v) is 7.17. The van der Waals surface area contributed by atoms with Crippen LogP contribution in [-0.2, 0) is 9.47 Å². The second-order valence-electron chi connectivity index (χ2n) is 7.17. The quantitative estimate of drug-likeness (QED) is 0.228. The van der Waals surface area contributed by atoms with Crippen LogP contribution in [-0.4, -0.2) is 63.5 Å². The fraction of sp³-hybridized carbons (Fsp3) is 0.667. The molecule has 1 aromatic rings. The number of nitrogens with zero attached hydrogens (tertiary/aromatic N) is 2. The normalized spacial score (nSPS) is 16.4. The molecule has 5 nitrogen and oxygen atoms in total. The number of methoxy groups -OCH3 is 1. The molecule has 1 heterocycles. The van der Waals surface area contributed by atoms with Crippen molar-refractivity contribution in [2.24, 2.45) is 4.99 Å². The van der Waals surface area contributed by atoms with Crippen molar-refractivity contribution < 1.29 is 18.3 Å². The zero-order valence-electron chi connectivity index (χ0n) is 17.6. The Bertz CT molecular complexity index is 626. The summed E-state index contributed by atoms with van der Waals surface area (Å²) in [6.45, 7) is 8.55. The number of aliphatic imine (C=N–C) groups is 1. The smallest absolute Gasteiger partial charge is 0.193 e. The van der Waals surface area contributed by atoms with E-state index in [1.807, 2.05) is 13.8 Å². The molecule has 0 saturated carbocycles. The summed E-state index contributed by atoms with van der Waals surface area (Å²) in [5.41, 5.74) is 0.752. The summed E-state index contributed by atoms with van der Waals surface area (Å²) in [6, 6.07) is 4.06. The van der Waals surface area contributed by atoms with Gasteiger partial charge in [0.05, 0.1) is 6.10 Å². The minimum atomic E-state index is -0.819. The molecule has 0 radical (unpaired) electrons. The molecule has 0 aliphatic carbocycles. The van der Waals surface area contributed by atoms with Crippen LogP contribution in [0, 0.1) is 11.6 Å². The fourth-order valence-electron chi connectivity index (χ4n) is 3.26. The van der Waals surface area contributed by atoms with Gasteiger partial charge >= 0.3 is 0 Å². The summed E-state index contributed by atoms with van der Waals surface area (Å²) in [6.07, 6.45) is 3.15. The number of hydrogen-bond acceptors (Lipinski definition) is 3. The molecule has 1 aliphatic rings. The third kappa shape index (κ3) is 8.72. The highest BCUT2D eigenvalue weighted by molar-refractivity contribution is 14.0. The monoisotopic (exact) mass is 525 g/mol. The second kappa shape index (κ2) is 14.1. The molecule has 29 heavy (non-hydrogen) atoms. The number of ether oxygens (including phenoxy) is 2. The third-order valence-electron chi connectivity index (χ3n) is 4.95. The van der Waals surface area contributed by atoms with Crippen LogP contribution in [0.5, 0.6) is 0 Å². The molecule has 1 unspecified atom stereocenters. The molecule has 0 spiro atoms. The first-order valence-corrected chi connectivity index (χ1v) is 10.1. The van der Waals surface area contributed by atoms with Crippen LogP contribution in [0.3, 0.4) is 0 Å². The van der Waals surface area contributed by atoms with Gasteiger partial charge in [0.1, 0.15) is 0 Å². The molecule has 0 amide bonds. The average Bonchev–Trinajstić information content (AvgIpc) is 2.71. The summed E-state index contributed by atoms with van der Waals surface area (Å²) >= 11 is 0. The van der Waals surface area contributed by atoms with E-state index in [9.17, 15) is 8.78 Å². The van der Waals surface area contributed by atoms with Gasteiger partial charge in [-0.05, 0) is 43.9 Å². The van der Waals surface area contributed by atoms with E-state index in [-0.39, 0.29) is 36.0 Å². The van der Waals surface area contributed by atoms with Crippen molar-refractivity contribution >= 4 is 29.9 Å². The number of rotatable bonds is 9.